The van der Waals surface area contributed by atoms with E-state index in [9.17, 15) is 9.59 Å². The van der Waals surface area contributed by atoms with Crippen molar-refractivity contribution in [2.24, 2.45) is 5.92 Å². The zero-order valence-electron chi connectivity index (χ0n) is 18.5. The topological polar surface area (TPSA) is 72.4 Å². The van der Waals surface area contributed by atoms with Crippen LogP contribution in [-0.4, -0.2) is 36.6 Å². The van der Waals surface area contributed by atoms with Crippen molar-refractivity contribution < 1.29 is 14.3 Å². The van der Waals surface area contributed by atoms with E-state index < -0.39 is 0 Å². The first-order chi connectivity index (χ1) is 15.1. The fourth-order valence-electron chi connectivity index (χ4n) is 4.32. The molecule has 2 N–H and O–H groups in total. The van der Waals surface area contributed by atoms with Crippen LogP contribution in [-0.2, 0) is 11.3 Å². The molecule has 1 aliphatic heterocycles. The number of methoxy groups -OCH3 is 1. The molecule has 2 aromatic carbocycles. The van der Waals surface area contributed by atoms with Crippen molar-refractivity contribution in [1.82, 2.24) is 15.2 Å². The van der Waals surface area contributed by atoms with Gasteiger partial charge in [-0.25, -0.2) is 4.79 Å². The predicted molar refractivity (Wildman–Crippen MR) is 128 cm³/mol. The number of ether oxygens (including phenoxy) is 1. The van der Waals surface area contributed by atoms with Crippen molar-refractivity contribution in [3.05, 3.63) is 71.4 Å². The summed E-state index contributed by atoms with van der Waals surface area (Å²) in [4.78, 5) is 24.8. The number of carbonyl (C=O) groups excluding carboxylic acids is 2. The number of fused-ring (bicyclic) bond motifs is 1. The molecule has 1 aromatic heterocycles. The number of amides is 1. The number of esters is 1. The van der Waals surface area contributed by atoms with Crippen molar-refractivity contribution in [3.63, 3.8) is 0 Å². The Kier molecular flexibility index (Phi) is 7.94. The first-order valence-corrected chi connectivity index (χ1v) is 10.8. The average molecular weight is 456 g/mol. The van der Waals surface area contributed by atoms with E-state index in [0.29, 0.717) is 17.0 Å². The Labute approximate surface area is 194 Å². The molecule has 1 atom stereocenters. The second kappa shape index (κ2) is 10.7. The predicted octanol–water partition coefficient (Wildman–Crippen LogP) is 4.34. The molecule has 4 rings (SSSR count). The van der Waals surface area contributed by atoms with Crippen LogP contribution in [0.1, 0.15) is 52.1 Å². The summed E-state index contributed by atoms with van der Waals surface area (Å²) in [5.41, 5.74) is 3.10. The first kappa shape index (κ1) is 23.8. The number of nitrogens with zero attached hydrogens (tertiary/aromatic N) is 1. The third-order valence-electron chi connectivity index (χ3n) is 6.13. The summed E-state index contributed by atoms with van der Waals surface area (Å²) >= 11 is 0. The van der Waals surface area contributed by atoms with Gasteiger partial charge in [0.2, 0.25) is 0 Å². The van der Waals surface area contributed by atoms with E-state index in [-0.39, 0.29) is 30.3 Å². The number of rotatable bonds is 6. The summed E-state index contributed by atoms with van der Waals surface area (Å²) in [5, 5.41) is 7.60. The lowest BCUT2D eigenvalue weighted by atomic mass is 9.98. The molecule has 0 radical (unpaired) electrons. The number of halogens is 1. The van der Waals surface area contributed by atoms with Crippen molar-refractivity contribution >= 4 is 35.2 Å². The molecule has 0 unspecified atom stereocenters. The summed E-state index contributed by atoms with van der Waals surface area (Å²) < 4.78 is 6.98. The monoisotopic (exact) mass is 455 g/mol. The number of carbonyl (C=O) groups is 2. The lowest BCUT2D eigenvalue weighted by Crippen LogP contribution is -2.30. The lowest BCUT2D eigenvalue weighted by molar-refractivity contribution is 0.0600. The number of piperidine rings is 1. The Morgan fingerprint density at radius 3 is 2.53 bits per heavy atom. The fourth-order valence-corrected chi connectivity index (χ4v) is 4.32. The highest BCUT2D eigenvalue weighted by Crippen LogP contribution is 2.25. The van der Waals surface area contributed by atoms with E-state index in [2.05, 4.69) is 33.5 Å². The highest BCUT2D eigenvalue weighted by molar-refractivity contribution is 6.06. The average Bonchev–Trinajstić information content (AvgIpc) is 3.22. The molecule has 1 aliphatic rings. The maximum atomic E-state index is 13.2. The van der Waals surface area contributed by atoms with Crippen LogP contribution in [0, 0.1) is 5.92 Å². The van der Waals surface area contributed by atoms with E-state index >= 15 is 0 Å². The number of hydrogen-bond donors (Lipinski definition) is 2. The molecule has 0 spiro atoms. The molecule has 170 valence electrons. The molecule has 1 amide bonds. The number of para-hydroxylation sites is 1. The molecule has 0 bridgehead atoms. The summed E-state index contributed by atoms with van der Waals surface area (Å²) in [6.45, 7) is 4.99. The van der Waals surface area contributed by atoms with Gasteiger partial charge in [-0.3, -0.25) is 4.79 Å². The zero-order valence-corrected chi connectivity index (χ0v) is 19.3. The molecule has 0 saturated carbocycles. The van der Waals surface area contributed by atoms with Gasteiger partial charge < -0.3 is 19.9 Å². The third kappa shape index (κ3) is 5.14. The van der Waals surface area contributed by atoms with Gasteiger partial charge in [-0.05, 0) is 68.6 Å². The maximum absolute atomic E-state index is 13.2. The number of nitrogens with one attached hydrogen (secondary N) is 2. The minimum Gasteiger partial charge on any atom is -0.465 e. The summed E-state index contributed by atoms with van der Waals surface area (Å²) in [7, 11) is 1.36. The van der Waals surface area contributed by atoms with E-state index in [1.165, 1.54) is 7.11 Å². The first-order valence-electron chi connectivity index (χ1n) is 10.8. The Bertz CT molecular complexity index is 1070. The minimum atomic E-state index is -0.371. The lowest BCUT2D eigenvalue weighted by Gasteiger charge is -2.24. The normalized spacial score (nSPS) is 15.1. The Morgan fingerprint density at radius 2 is 1.84 bits per heavy atom. The van der Waals surface area contributed by atoms with Gasteiger partial charge in [-0.15, -0.1) is 12.4 Å². The molecule has 7 heteroatoms. The fraction of sp³-hybridized carbons (Fsp3) is 0.360. The maximum Gasteiger partial charge on any atom is 0.337 e. The van der Waals surface area contributed by atoms with Gasteiger partial charge in [0, 0.05) is 18.1 Å². The van der Waals surface area contributed by atoms with E-state index in [1.54, 1.807) is 12.1 Å². The molecular formula is C25H30ClN3O3. The van der Waals surface area contributed by atoms with Gasteiger partial charge >= 0.3 is 5.97 Å². The second-order valence-corrected chi connectivity index (χ2v) is 8.21. The quantitative estimate of drug-likeness (QED) is 0.542. The van der Waals surface area contributed by atoms with Gasteiger partial charge in [0.05, 0.1) is 29.8 Å². The van der Waals surface area contributed by atoms with Gasteiger partial charge in [0.1, 0.15) is 0 Å². The molecule has 3 aromatic rings. The Morgan fingerprint density at radius 1 is 1.12 bits per heavy atom. The Hall–Kier alpha value is -2.83. The van der Waals surface area contributed by atoms with Crippen LogP contribution in [0.4, 0.5) is 0 Å². The molecule has 1 saturated heterocycles. The van der Waals surface area contributed by atoms with Crippen LogP contribution in [0.15, 0.2) is 54.7 Å². The van der Waals surface area contributed by atoms with Gasteiger partial charge in [-0.1, -0.05) is 24.3 Å². The van der Waals surface area contributed by atoms with Crippen molar-refractivity contribution in [1.29, 1.82) is 0 Å². The third-order valence-corrected chi connectivity index (χ3v) is 6.13. The minimum absolute atomic E-state index is 0. The van der Waals surface area contributed by atoms with Gasteiger partial charge in [-0.2, -0.15) is 0 Å². The summed E-state index contributed by atoms with van der Waals surface area (Å²) in [6.07, 6.45) is 4.41. The van der Waals surface area contributed by atoms with Crippen LogP contribution in [0.3, 0.4) is 0 Å². The highest BCUT2D eigenvalue weighted by Gasteiger charge is 2.19. The molecule has 0 aliphatic carbocycles. The van der Waals surface area contributed by atoms with Crippen LogP contribution in [0.5, 0.6) is 0 Å². The van der Waals surface area contributed by atoms with Crippen LogP contribution < -0.4 is 10.6 Å². The molecular weight excluding hydrogens is 426 g/mol. The molecule has 2 heterocycles. The van der Waals surface area contributed by atoms with Gasteiger partial charge in [0.25, 0.3) is 5.91 Å². The molecule has 32 heavy (non-hydrogen) atoms. The van der Waals surface area contributed by atoms with Crippen molar-refractivity contribution in [2.45, 2.75) is 32.4 Å². The number of aromatic nitrogens is 1. The number of benzene rings is 2. The number of hydrogen-bond acceptors (Lipinski definition) is 4. The van der Waals surface area contributed by atoms with Gasteiger partial charge in [0.15, 0.2) is 0 Å². The van der Waals surface area contributed by atoms with E-state index in [1.807, 2.05) is 31.2 Å². The van der Waals surface area contributed by atoms with Crippen molar-refractivity contribution in [3.8, 4) is 0 Å². The Balaban J connectivity index is 0.00000289. The molecule has 6 nitrogen and oxygen atoms in total. The molecule has 1 fully saturated rings. The second-order valence-electron chi connectivity index (χ2n) is 8.21. The van der Waals surface area contributed by atoms with E-state index in [0.717, 1.165) is 48.9 Å². The zero-order chi connectivity index (χ0) is 21.8. The van der Waals surface area contributed by atoms with Crippen LogP contribution in [0.2, 0.25) is 0 Å². The standard InChI is InChI=1S/C25H29N3O3.ClH/c1-17(19-6-8-21(9-7-19)25(30)31-2)27-24(29)22-5-3-4-20-12-15-28(23(20)22)16-18-10-13-26-14-11-18;/h3-9,12,15,17-18,26H,10-11,13-14,16H2,1-2H3,(H,27,29);1H/t17-;/m0./s1. The highest BCUT2D eigenvalue weighted by atomic mass is 35.5. The largest absolute Gasteiger partial charge is 0.465 e. The van der Waals surface area contributed by atoms with E-state index in [4.69, 9.17) is 4.74 Å². The summed E-state index contributed by atoms with van der Waals surface area (Å²) in [5.74, 6) is 0.157. The van der Waals surface area contributed by atoms with Crippen LogP contribution in [0.25, 0.3) is 10.9 Å². The van der Waals surface area contributed by atoms with Crippen molar-refractivity contribution in [2.75, 3.05) is 20.2 Å². The smallest absolute Gasteiger partial charge is 0.337 e. The van der Waals surface area contributed by atoms with Crippen LogP contribution >= 0.6 is 12.4 Å². The summed E-state index contributed by atoms with van der Waals surface area (Å²) in [6, 6.07) is 14.9. The SMILES string of the molecule is COC(=O)c1ccc([C@H](C)NC(=O)c2cccc3ccn(CC4CCNCC4)c23)cc1.Cl.